The largest absolute Gasteiger partial charge is 0.330 e. The van der Waals surface area contributed by atoms with Gasteiger partial charge in [-0.05, 0) is 30.2 Å². The molecule has 0 aliphatic carbocycles. The standard InChI is InChI=1S/C18H16Cl2N2O5S/c19-15-4-2-1-3-13(15)10-21(14-7-8-28(26,27)11-14)18(23)12-5-6-16(20)17(9-12)22(24)25/h1-6,9,14H,7-8,10-11H2. The average Bonchev–Trinajstić information content (AvgIpc) is 3.00. The lowest BCUT2D eigenvalue weighted by molar-refractivity contribution is -0.384. The predicted molar refractivity (Wildman–Crippen MR) is 106 cm³/mol. The number of amides is 1. The van der Waals surface area contributed by atoms with Crippen LogP contribution in [0, 0.1) is 10.1 Å². The molecule has 1 aliphatic heterocycles. The molecule has 0 radical (unpaired) electrons. The fraction of sp³-hybridized carbons (Fsp3) is 0.278. The lowest BCUT2D eigenvalue weighted by Crippen LogP contribution is -2.40. The smallest absolute Gasteiger partial charge is 0.288 e. The first-order valence-corrected chi connectivity index (χ1v) is 10.9. The number of nitro groups is 1. The van der Waals surface area contributed by atoms with Crippen LogP contribution in [0.5, 0.6) is 0 Å². The lowest BCUT2D eigenvalue weighted by atomic mass is 10.1. The highest BCUT2D eigenvalue weighted by Crippen LogP contribution is 2.29. The van der Waals surface area contributed by atoms with Crippen LogP contribution < -0.4 is 0 Å². The Kier molecular flexibility index (Phi) is 5.92. The zero-order chi connectivity index (χ0) is 20.5. The Morgan fingerprint density at radius 3 is 2.50 bits per heavy atom. The van der Waals surface area contributed by atoms with E-state index in [-0.39, 0.29) is 34.3 Å². The molecule has 0 bridgehead atoms. The van der Waals surface area contributed by atoms with E-state index in [0.29, 0.717) is 17.0 Å². The summed E-state index contributed by atoms with van der Waals surface area (Å²) in [5.74, 6) is -0.675. The van der Waals surface area contributed by atoms with E-state index in [1.54, 1.807) is 24.3 Å². The molecule has 0 aromatic heterocycles. The maximum Gasteiger partial charge on any atom is 0.288 e. The van der Waals surface area contributed by atoms with Gasteiger partial charge >= 0.3 is 0 Å². The Hall–Kier alpha value is -2.16. The summed E-state index contributed by atoms with van der Waals surface area (Å²) < 4.78 is 23.9. The first kappa shape index (κ1) is 20.6. The summed E-state index contributed by atoms with van der Waals surface area (Å²) in [6.45, 7) is 0.0924. The van der Waals surface area contributed by atoms with E-state index >= 15 is 0 Å². The molecule has 1 aliphatic rings. The van der Waals surface area contributed by atoms with Gasteiger partial charge in [0.05, 0.1) is 16.4 Å². The van der Waals surface area contributed by atoms with Gasteiger partial charge in [-0.2, -0.15) is 0 Å². The van der Waals surface area contributed by atoms with Crippen molar-refractivity contribution in [3.8, 4) is 0 Å². The molecule has 0 saturated carbocycles. The number of halogens is 2. The van der Waals surface area contributed by atoms with Crippen LogP contribution in [0.4, 0.5) is 5.69 Å². The van der Waals surface area contributed by atoms with Gasteiger partial charge in [0, 0.05) is 29.2 Å². The zero-order valence-corrected chi connectivity index (χ0v) is 16.9. The van der Waals surface area contributed by atoms with Gasteiger partial charge in [-0.15, -0.1) is 0 Å². The number of carbonyl (C=O) groups is 1. The molecule has 3 rings (SSSR count). The van der Waals surface area contributed by atoms with Crippen molar-refractivity contribution < 1.29 is 18.1 Å². The first-order chi connectivity index (χ1) is 13.2. The third-order valence-corrected chi connectivity index (χ3v) is 7.04. The second kappa shape index (κ2) is 8.06. The van der Waals surface area contributed by atoms with Crippen LogP contribution >= 0.6 is 23.2 Å². The number of rotatable bonds is 5. The molecular weight excluding hydrogens is 427 g/mol. The molecule has 1 unspecified atom stereocenters. The van der Waals surface area contributed by atoms with Gasteiger partial charge in [0.25, 0.3) is 11.6 Å². The van der Waals surface area contributed by atoms with Crippen molar-refractivity contribution in [1.29, 1.82) is 0 Å². The van der Waals surface area contributed by atoms with E-state index in [1.807, 2.05) is 0 Å². The topological polar surface area (TPSA) is 97.6 Å². The highest BCUT2D eigenvalue weighted by molar-refractivity contribution is 7.91. The fourth-order valence-electron chi connectivity index (χ4n) is 3.15. The Morgan fingerprint density at radius 2 is 1.89 bits per heavy atom. The molecule has 0 N–H and O–H groups in total. The summed E-state index contributed by atoms with van der Waals surface area (Å²) in [4.78, 5) is 25.1. The number of hydrogen-bond acceptors (Lipinski definition) is 5. The van der Waals surface area contributed by atoms with Crippen molar-refractivity contribution in [2.24, 2.45) is 0 Å². The molecule has 7 nitrogen and oxygen atoms in total. The number of hydrogen-bond donors (Lipinski definition) is 0. The molecule has 1 saturated heterocycles. The summed E-state index contributed by atoms with van der Waals surface area (Å²) in [6, 6.07) is 10.2. The minimum Gasteiger partial charge on any atom is -0.330 e. The van der Waals surface area contributed by atoms with E-state index in [9.17, 15) is 23.3 Å². The molecule has 1 atom stereocenters. The molecule has 0 spiro atoms. The second-order valence-corrected chi connectivity index (χ2v) is 9.55. The second-order valence-electron chi connectivity index (χ2n) is 6.50. The van der Waals surface area contributed by atoms with Crippen molar-refractivity contribution in [2.45, 2.75) is 19.0 Å². The Morgan fingerprint density at radius 1 is 1.18 bits per heavy atom. The zero-order valence-electron chi connectivity index (χ0n) is 14.5. The van der Waals surface area contributed by atoms with Crippen LogP contribution in [-0.2, 0) is 16.4 Å². The Bertz CT molecular complexity index is 1040. The van der Waals surface area contributed by atoms with Gasteiger partial charge in [-0.1, -0.05) is 41.4 Å². The third kappa shape index (κ3) is 4.45. The maximum atomic E-state index is 13.2. The van der Waals surface area contributed by atoms with Crippen molar-refractivity contribution in [3.05, 3.63) is 73.8 Å². The number of benzene rings is 2. The van der Waals surface area contributed by atoms with Crippen molar-refractivity contribution in [3.63, 3.8) is 0 Å². The highest BCUT2D eigenvalue weighted by Gasteiger charge is 2.35. The summed E-state index contributed by atoms with van der Waals surface area (Å²) >= 11 is 12.0. The van der Waals surface area contributed by atoms with Crippen LogP contribution in [0.3, 0.4) is 0 Å². The molecule has 2 aromatic rings. The van der Waals surface area contributed by atoms with E-state index in [1.165, 1.54) is 17.0 Å². The maximum absolute atomic E-state index is 13.2. The van der Waals surface area contributed by atoms with E-state index < -0.39 is 26.7 Å². The molecule has 148 valence electrons. The Labute approximate surface area is 171 Å². The number of carbonyl (C=O) groups excluding carboxylic acids is 1. The summed E-state index contributed by atoms with van der Waals surface area (Å²) in [5.41, 5.74) is 0.335. The minimum atomic E-state index is -3.24. The van der Waals surface area contributed by atoms with Crippen molar-refractivity contribution >= 4 is 44.6 Å². The van der Waals surface area contributed by atoms with Gasteiger partial charge in [0.15, 0.2) is 9.84 Å². The van der Waals surface area contributed by atoms with Crippen LogP contribution in [0.1, 0.15) is 22.3 Å². The third-order valence-electron chi connectivity index (χ3n) is 4.60. The Balaban J connectivity index is 1.99. The van der Waals surface area contributed by atoms with Gasteiger partial charge in [0.1, 0.15) is 5.02 Å². The van der Waals surface area contributed by atoms with Gasteiger partial charge in [-0.3, -0.25) is 14.9 Å². The monoisotopic (exact) mass is 442 g/mol. The van der Waals surface area contributed by atoms with E-state index in [2.05, 4.69) is 0 Å². The van der Waals surface area contributed by atoms with Crippen molar-refractivity contribution in [1.82, 2.24) is 4.90 Å². The lowest BCUT2D eigenvalue weighted by Gasteiger charge is -2.29. The summed E-state index contributed by atoms with van der Waals surface area (Å²) in [7, 11) is -3.24. The van der Waals surface area contributed by atoms with Gasteiger partial charge in [0.2, 0.25) is 0 Å². The molecular formula is C18H16Cl2N2O5S. The summed E-state index contributed by atoms with van der Waals surface area (Å²) in [6.07, 6.45) is 0.300. The molecule has 1 amide bonds. The van der Waals surface area contributed by atoms with E-state index in [0.717, 1.165) is 6.07 Å². The number of nitrogens with zero attached hydrogens (tertiary/aromatic N) is 2. The van der Waals surface area contributed by atoms with Crippen LogP contribution in [0.15, 0.2) is 42.5 Å². The highest BCUT2D eigenvalue weighted by atomic mass is 35.5. The van der Waals surface area contributed by atoms with Crippen LogP contribution in [0.25, 0.3) is 0 Å². The van der Waals surface area contributed by atoms with Crippen LogP contribution in [0.2, 0.25) is 10.0 Å². The predicted octanol–water partition coefficient (Wildman–Crippen LogP) is 3.73. The average molecular weight is 443 g/mol. The summed E-state index contributed by atoms with van der Waals surface area (Å²) in [5, 5.41) is 11.5. The number of nitro benzene ring substituents is 1. The van der Waals surface area contributed by atoms with Gasteiger partial charge in [-0.25, -0.2) is 8.42 Å². The fourth-order valence-corrected chi connectivity index (χ4v) is 5.26. The molecule has 1 fully saturated rings. The van der Waals surface area contributed by atoms with E-state index in [4.69, 9.17) is 23.2 Å². The molecule has 2 aromatic carbocycles. The molecule has 28 heavy (non-hydrogen) atoms. The normalized spacial score (nSPS) is 18.0. The molecule has 10 heteroatoms. The van der Waals surface area contributed by atoms with Crippen LogP contribution in [-0.4, -0.2) is 41.7 Å². The SMILES string of the molecule is O=C(c1ccc(Cl)c([N+](=O)[O-])c1)N(Cc1ccccc1Cl)C1CCS(=O)(=O)C1. The molecule has 1 heterocycles. The quantitative estimate of drug-likeness (QED) is 0.518. The first-order valence-electron chi connectivity index (χ1n) is 8.36. The van der Waals surface area contributed by atoms with Crippen molar-refractivity contribution in [2.75, 3.05) is 11.5 Å². The van der Waals surface area contributed by atoms with Gasteiger partial charge < -0.3 is 4.90 Å². The number of sulfone groups is 1. The minimum absolute atomic E-state index is 0.00919.